The molecule has 1 aliphatic heterocycles. The van der Waals surface area contributed by atoms with Gasteiger partial charge in [-0.2, -0.15) is 4.59 Å². The van der Waals surface area contributed by atoms with Crippen LogP contribution in [0.3, 0.4) is 0 Å². The molecule has 1 N–H and O–H groups in total. The molecule has 23 heavy (non-hydrogen) atoms. The lowest BCUT2D eigenvalue weighted by atomic mass is 9.95. The topological polar surface area (TPSA) is 24.4 Å². The Morgan fingerprint density at radius 3 is 2.61 bits per heavy atom. The molecule has 0 aromatic heterocycles. The van der Waals surface area contributed by atoms with Gasteiger partial charge in [-0.3, -0.25) is 0 Å². The molecule has 1 aromatic carbocycles. The van der Waals surface area contributed by atoms with Gasteiger partial charge in [0.1, 0.15) is 37.0 Å². The molecule has 124 valence electrons. The molecule has 1 heterocycles. The third kappa shape index (κ3) is 4.20. The summed E-state index contributed by atoms with van der Waals surface area (Å²) in [5.74, 6) is -0.175. The molecule has 3 nitrogen and oxygen atoms in total. The van der Waals surface area contributed by atoms with E-state index in [1.807, 2.05) is 18.3 Å². The van der Waals surface area contributed by atoms with Crippen molar-refractivity contribution in [2.75, 3.05) is 13.1 Å². The summed E-state index contributed by atoms with van der Waals surface area (Å²) in [6.07, 6.45) is 11.7. The second-order valence-corrected chi connectivity index (χ2v) is 6.71. The van der Waals surface area contributed by atoms with Gasteiger partial charge in [-0.05, 0) is 37.5 Å². The second-order valence-electron chi connectivity index (χ2n) is 6.71. The van der Waals surface area contributed by atoms with E-state index in [1.54, 1.807) is 0 Å². The van der Waals surface area contributed by atoms with Crippen LogP contribution in [0, 0.1) is 5.82 Å². The van der Waals surface area contributed by atoms with E-state index in [-0.39, 0.29) is 5.82 Å². The van der Waals surface area contributed by atoms with Crippen LogP contribution in [0.5, 0.6) is 0 Å². The van der Waals surface area contributed by atoms with Crippen molar-refractivity contribution in [3.8, 4) is 0 Å². The van der Waals surface area contributed by atoms with Gasteiger partial charge in [0.25, 0.3) is 0 Å². The van der Waals surface area contributed by atoms with Gasteiger partial charge in [0, 0.05) is 12.5 Å². The SMILES string of the molecule is CC[N+]1(CCc2ccc(F)cc2)C=C(NC2CCCCC2)C=N1. The van der Waals surface area contributed by atoms with Crippen LogP contribution in [-0.2, 0) is 6.42 Å². The minimum atomic E-state index is -0.175. The first-order valence-electron chi connectivity index (χ1n) is 8.85. The highest BCUT2D eigenvalue weighted by Gasteiger charge is 2.29. The van der Waals surface area contributed by atoms with Crippen molar-refractivity contribution < 1.29 is 8.98 Å². The van der Waals surface area contributed by atoms with E-state index in [1.165, 1.54) is 44.2 Å². The Morgan fingerprint density at radius 1 is 1.17 bits per heavy atom. The summed E-state index contributed by atoms with van der Waals surface area (Å²) >= 11 is 0. The summed E-state index contributed by atoms with van der Waals surface area (Å²) in [5.41, 5.74) is 2.33. The summed E-state index contributed by atoms with van der Waals surface area (Å²) in [4.78, 5) is 0. The third-order valence-electron chi connectivity index (χ3n) is 5.03. The minimum Gasteiger partial charge on any atom is -0.377 e. The highest BCUT2D eigenvalue weighted by atomic mass is 19.1. The Labute approximate surface area is 138 Å². The number of nitrogens with zero attached hydrogens (tertiary/aromatic N) is 2. The van der Waals surface area contributed by atoms with E-state index >= 15 is 0 Å². The first-order chi connectivity index (χ1) is 11.2. The van der Waals surface area contributed by atoms with Crippen LogP contribution in [0.25, 0.3) is 0 Å². The van der Waals surface area contributed by atoms with E-state index in [2.05, 4.69) is 18.4 Å². The molecule has 3 rings (SSSR count). The zero-order chi connectivity index (χ0) is 16.1. The van der Waals surface area contributed by atoms with Crippen molar-refractivity contribution in [3.05, 3.63) is 47.5 Å². The third-order valence-corrected chi connectivity index (χ3v) is 5.03. The van der Waals surface area contributed by atoms with E-state index < -0.39 is 0 Å². The van der Waals surface area contributed by atoms with Gasteiger partial charge in [0.05, 0.1) is 0 Å². The van der Waals surface area contributed by atoms with E-state index in [9.17, 15) is 4.39 Å². The fourth-order valence-corrected chi connectivity index (χ4v) is 3.49. The number of likely N-dealkylation sites (N-methyl/N-ethyl adjacent to an activating group) is 1. The molecule has 0 spiro atoms. The lowest BCUT2D eigenvalue weighted by Gasteiger charge is -2.25. The Balaban J connectivity index is 1.59. The summed E-state index contributed by atoms with van der Waals surface area (Å²) in [7, 11) is 0. The Kier molecular flexibility index (Phi) is 5.11. The molecule has 1 fully saturated rings. The number of nitrogens with one attached hydrogen (secondary N) is 1. The van der Waals surface area contributed by atoms with Crippen LogP contribution in [0.1, 0.15) is 44.6 Å². The first kappa shape index (κ1) is 16.2. The smallest absolute Gasteiger partial charge is 0.148 e. The molecule has 0 amide bonds. The molecular weight excluding hydrogens is 289 g/mol. The van der Waals surface area contributed by atoms with Gasteiger partial charge in [0.15, 0.2) is 0 Å². The molecule has 4 heteroatoms. The summed E-state index contributed by atoms with van der Waals surface area (Å²) in [6.45, 7) is 4.02. The van der Waals surface area contributed by atoms with Crippen molar-refractivity contribution in [3.63, 3.8) is 0 Å². The molecule has 0 saturated heterocycles. The second kappa shape index (κ2) is 7.26. The van der Waals surface area contributed by atoms with Crippen LogP contribution in [0.4, 0.5) is 4.39 Å². The van der Waals surface area contributed by atoms with Crippen LogP contribution < -0.4 is 5.32 Å². The predicted molar refractivity (Wildman–Crippen MR) is 92.4 cm³/mol. The standard InChI is InChI=1S/C19H27FN3/c1-2-23(13-12-16-8-10-17(20)11-9-16)15-19(14-21-23)22-18-6-4-3-5-7-18/h8-11,14-15,18,22H,2-7,12-13H2,1H3/q+1. The fraction of sp³-hybridized carbons (Fsp3) is 0.526. The molecule has 1 saturated carbocycles. The van der Waals surface area contributed by atoms with Crippen LogP contribution >= 0.6 is 0 Å². The average molecular weight is 316 g/mol. The molecular formula is C19H27FN3+. The molecule has 1 aliphatic carbocycles. The van der Waals surface area contributed by atoms with E-state index in [4.69, 9.17) is 5.10 Å². The van der Waals surface area contributed by atoms with E-state index in [0.717, 1.165) is 30.8 Å². The minimum absolute atomic E-state index is 0.175. The number of allylic oxidation sites excluding steroid dienone is 1. The van der Waals surface area contributed by atoms with Gasteiger partial charge < -0.3 is 5.32 Å². The lowest BCUT2D eigenvalue weighted by Crippen LogP contribution is -2.38. The highest BCUT2D eigenvalue weighted by Crippen LogP contribution is 2.22. The number of quaternary nitrogens is 1. The number of halogens is 1. The maximum Gasteiger partial charge on any atom is 0.148 e. The first-order valence-corrected chi connectivity index (χ1v) is 8.85. The molecule has 0 radical (unpaired) electrons. The zero-order valence-corrected chi connectivity index (χ0v) is 14.0. The molecule has 1 unspecified atom stereocenters. The summed E-state index contributed by atoms with van der Waals surface area (Å²) in [6, 6.07) is 7.41. The van der Waals surface area contributed by atoms with Crippen LogP contribution in [0.15, 0.2) is 41.3 Å². The summed E-state index contributed by atoms with van der Waals surface area (Å²) in [5, 5.41) is 8.41. The highest BCUT2D eigenvalue weighted by molar-refractivity contribution is 5.78. The Bertz CT molecular complexity index is 573. The van der Waals surface area contributed by atoms with Crippen molar-refractivity contribution in [2.24, 2.45) is 5.10 Å². The predicted octanol–water partition coefficient (Wildman–Crippen LogP) is 3.97. The lowest BCUT2D eigenvalue weighted by molar-refractivity contribution is -0.881. The van der Waals surface area contributed by atoms with Crippen molar-refractivity contribution in [2.45, 2.75) is 51.5 Å². The maximum absolute atomic E-state index is 13.0. The molecule has 1 aromatic rings. The Hall–Kier alpha value is -1.68. The van der Waals surface area contributed by atoms with E-state index in [0.29, 0.717) is 10.6 Å². The van der Waals surface area contributed by atoms with Gasteiger partial charge in [-0.25, -0.2) is 4.39 Å². The van der Waals surface area contributed by atoms with Gasteiger partial charge in [-0.15, -0.1) is 0 Å². The van der Waals surface area contributed by atoms with Gasteiger partial charge in [0.2, 0.25) is 0 Å². The van der Waals surface area contributed by atoms with Gasteiger partial charge >= 0.3 is 0 Å². The quantitative estimate of drug-likeness (QED) is 0.789. The monoisotopic (exact) mass is 316 g/mol. The largest absolute Gasteiger partial charge is 0.377 e. The molecule has 2 aliphatic rings. The van der Waals surface area contributed by atoms with Crippen molar-refractivity contribution in [1.29, 1.82) is 0 Å². The number of benzene rings is 1. The molecule has 1 atom stereocenters. The number of hydrogen-bond donors (Lipinski definition) is 1. The normalized spacial score (nSPS) is 24.7. The maximum atomic E-state index is 13.0. The number of rotatable bonds is 6. The zero-order valence-electron chi connectivity index (χ0n) is 14.0. The number of hydrogen-bond acceptors (Lipinski definition) is 2. The van der Waals surface area contributed by atoms with Crippen LogP contribution in [0.2, 0.25) is 0 Å². The van der Waals surface area contributed by atoms with Crippen molar-refractivity contribution in [1.82, 2.24) is 5.32 Å². The van der Waals surface area contributed by atoms with Crippen molar-refractivity contribution >= 4 is 6.21 Å². The fourth-order valence-electron chi connectivity index (χ4n) is 3.49. The van der Waals surface area contributed by atoms with Crippen LogP contribution in [-0.4, -0.2) is 29.9 Å². The average Bonchev–Trinajstić information content (AvgIpc) is 2.99. The summed E-state index contributed by atoms with van der Waals surface area (Å²) < 4.78 is 13.6. The van der Waals surface area contributed by atoms with Gasteiger partial charge in [-0.1, -0.05) is 36.5 Å². The molecule has 0 bridgehead atoms. The Morgan fingerprint density at radius 2 is 1.91 bits per heavy atom.